The summed E-state index contributed by atoms with van der Waals surface area (Å²) in [5, 5.41) is 12.6. The summed E-state index contributed by atoms with van der Waals surface area (Å²) in [6.07, 6.45) is 1.66. The van der Waals surface area contributed by atoms with Crippen LogP contribution in [0.1, 0.15) is 25.5 Å². The molecule has 0 aliphatic carbocycles. The molecule has 1 atom stereocenters. The number of carboxylic acid groups (broad SMARTS) is 1. The Morgan fingerprint density at radius 1 is 1.47 bits per heavy atom. The van der Waals surface area contributed by atoms with Crippen LogP contribution in [0.25, 0.3) is 0 Å². The number of hydrogen-bond donors (Lipinski definition) is 2. The minimum atomic E-state index is -0.883. The molecule has 1 aromatic carbocycles. The first-order valence-electron chi connectivity index (χ1n) is 5.39. The van der Waals surface area contributed by atoms with Gasteiger partial charge in [0.1, 0.15) is 0 Å². The maximum Gasteiger partial charge on any atom is 0.330 e. The lowest BCUT2D eigenvalue weighted by molar-refractivity contribution is -0.132. The molecular formula is C13H16ClNO2. The van der Waals surface area contributed by atoms with Gasteiger partial charge in [-0.05, 0) is 31.5 Å². The Bertz CT molecular complexity index is 412. The highest BCUT2D eigenvalue weighted by molar-refractivity contribution is 6.30. The summed E-state index contributed by atoms with van der Waals surface area (Å²) in [4.78, 5) is 10.6. The van der Waals surface area contributed by atoms with Crippen LogP contribution < -0.4 is 5.32 Å². The summed E-state index contributed by atoms with van der Waals surface area (Å²) in [5.74, 6) is -0.883. The molecule has 0 spiro atoms. The van der Waals surface area contributed by atoms with Crippen LogP contribution >= 0.6 is 11.6 Å². The van der Waals surface area contributed by atoms with Crippen LogP contribution in [0.3, 0.4) is 0 Å². The molecule has 0 unspecified atom stereocenters. The molecule has 0 heterocycles. The van der Waals surface area contributed by atoms with Crippen molar-refractivity contribution in [1.29, 1.82) is 0 Å². The molecule has 0 saturated heterocycles. The molecule has 0 bridgehead atoms. The Balaban J connectivity index is 2.50. The van der Waals surface area contributed by atoms with Gasteiger partial charge in [0.15, 0.2) is 0 Å². The first kappa shape index (κ1) is 13.7. The highest BCUT2D eigenvalue weighted by Gasteiger charge is 2.04. The zero-order valence-electron chi connectivity index (χ0n) is 9.90. The summed E-state index contributed by atoms with van der Waals surface area (Å²) in [5.41, 5.74) is 1.47. The fourth-order valence-corrected chi connectivity index (χ4v) is 1.47. The standard InChI is InChI=1S/C13H16ClNO2/c1-9(13(16)17)7-8-15-10(2)11-3-5-12(14)6-4-11/h3-7,10,15H,8H2,1-2H3,(H,16,17)/b9-7-/t10-/m0/s1. The normalized spacial score (nSPS) is 13.5. The fraction of sp³-hybridized carbons (Fsp3) is 0.308. The van der Waals surface area contributed by atoms with Crippen molar-refractivity contribution in [2.45, 2.75) is 19.9 Å². The average Bonchev–Trinajstić information content (AvgIpc) is 2.29. The second-order valence-corrected chi connectivity index (χ2v) is 4.31. The lowest BCUT2D eigenvalue weighted by atomic mass is 10.1. The van der Waals surface area contributed by atoms with E-state index in [1.165, 1.54) is 0 Å². The Morgan fingerprint density at radius 2 is 2.06 bits per heavy atom. The monoisotopic (exact) mass is 253 g/mol. The SMILES string of the molecule is C/C(=C/CN[C@@H](C)c1ccc(Cl)cc1)C(=O)O. The number of hydrogen-bond acceptors (Lipinski definition) is 2. The third-order valence-corrected chi connectivity index (χ3v) is 2.79. The first-order chi connectivity index (χ1) is 8.00. The van der Waals surface area contributed by atoms with Gasteiger partial charge in [-0.1, -0.05) is 29.8 Å². The van der Waals surface area contributed by atoms with E-state index in [1.54, 1.807) is 13.0 Å². The maximum atomic E-state index is 10.6. The van der Waals surface area contributed by atoms with Gasteiger partial charge in [-0.25, -0.2) is 4.79 Å². The number of carboxylic acids is 1. The molecule has 0 amide bonds. The van der Waals surface area contributed by atoms with Crippen molar-refractivity contribution in [3.05, 3.63) is 46.5 Å². The highest BCUT2D eigenvalue weighted by atomic mass is 35.5. The Kier molecular flexibility index (Phi) is 5.19. The summed E-state index contributed by atoms with van der Waals surface area (Å²) in [6.45, 7) is 4.13. The van der Waals surface area contributed by atoms with Crippen molar-refractivity contribution in [1.82, 2.24) is 5.32 Å². The molecule has 0 radical (unpaired) electrons. The number of nitrogens with one attached hydrogen (secondary N) is 1. The number of aliphatic carboxylic acids is 1. The largest absolute Gasteiger partial charge is 0.478 e. The topological polar surface area (TPSA) is 49.3 Å². The molecule has 1 aromatic rings. The minimum Gasteiger partial charge on any atom is -0.478 e. The van der Waals surface area contributed by atoms with E-state index in [-0.39, 0.29) is 6.04 Å². The summed E-state index contributed by atoms with van der Waals surface area (Å²) in [7, 11) is 0. The van der Waals surface area contributed by atoms with Gasteiger partial charge in [-0.15, -0.1) is 0 Å². The molecule has 2 N–H and O–H groups in total. The maximum absolute atomic E-state index is 10.6. The van der Waals surface area contributed by atoms with E-state index in [4.69, 9.17) is 16.7 Å². The summed E-state index contributed by atoms with van der Waals surface area (Å²) in [6, 6.07) is 7.74. The van der Waals surface area contributed by atoms with Crippen LogP contribution in [-0.4, -0.2) is 17.6 Å². The van der Waals surface area contributed by atoms with Crippen molar-refractivity contribution in [3.8, 4) is 0 Å². The zero-order chi connectivity index (χ0) is 12.8. The van der Waals surface area contributed by atoms with Crippen LogP contribution in [0.15, 0.2) is 35.9 Å². The van der Waals surface area contributed by atoms with E-state index in [0.29, 0.717) is 17.1 Å². The third kappa shape index (κ3) is 4.59. The fourth-order valence-electron chi connectivity index (χ4n) is 1.35. The average molecular weight is 254 g/mol. The highest BCUT2D eigenvalue weighted by Crippen LogP contribution is 2.15. The van der Waals surface area contributed by atoms with Crippen LogP contribution in [0.5, 0.6) is 0 Å². The van der Waals surface area contributed by atoms with Crippen LogP contribution in [0.2, 0.25) is 5.02 Å². The van der Waals surface area contributed by atoms with Crippen LogP contribution in [0.4, 0.5) is 0 Å². The van der Waals surface area contributed by atoms with E-state index >= 15 is 0 Å². The van der Waals surface area contributed by atoms with Crippen molar-refractivity contribution < 1.29 is 9.90 Å². The molecule has 0 aliphatic rings. The Hall–Kier alpha value is -1.32. The molecule has 1 rings (SSSR count). The lowest BCUT2D eigenvalue weighted by Gasteiger charge is -2.12. The minimum absolute atomic E-state index is 0.158. The number of carbonyl (C=O) groups is 1. The quantitative estimate of drug-likeness (QED) is 0.793. The molecule has 0 aliphatic heterocycles. The molecule has 0 saturated carbocycles. The second kappa shape index (κ2) is 6.42. The molecule has 0 aromatic heterocycles. The molecule has 0 fully saturated rings. The van der Waals surface area contributed by atoms with E-state index < -0.39 is 5.97 Å². The van der Waals surface area contributed by atoms with E-state index in [0.717, 1.165) is 5.56 Å². The smallest absolute Gasteiger partial charge is 0.330 e. The molecular weight excluding hydrogens is 238 g/mol. The van der Waals surface area contributed by atoms with Crippen LogP contribution in [0, 0.1) is 0 Å². The predicted molar refractivity (Wildman–Crippen MR) is 69.3 cm³/mol. The van der Waals surface area contributed by atoms with Crippen LogP contribution in [-0.2, 0) is 4.79 Å². The lowest BCUT2D eigenvalue weighted by Crippen LogP contribution is -2.19. The number of halogens is 1. The van der Waals surface area contributed by atoms with Gasteiger partial charge in [-0.2, -0.15) is 0 Å². The van der Waals surface area contributed by atoms with Crippen molar-refractivity contribution in [3.63, 3.8) is 0 Å². The first-order valence-corrected chi connectivity index (χ1v) is 5.77. The van der Waals surface area contributed by atoms with Gasteiger partial charge in [-0.3, -0.25) is 0 Å². The van der Waals surface area contributed by atoms with Crippen molar-refractivity contribution in [2.24, 2.45) is 0 Å². The van der Waals surface area contributed by atoms with Gasteiger partial charge < -0.3 is 10.4 Å². The van der Waals surface area contributed by atoms with Gasteiger partial charge in [0.2, 0.25) is 0 Å². The number of benzene rings is 1. The summed E-state index contributed by atoms with van der Waals surface area (Å²) >= 11 is 5.80. The second-order valence-electron chi connectivity index (χ2n) is 3.87. The van der Waals surface area contributed by atoms with Gasteiger partial charge >= 0.3 is 5.97 Å². The van der Waals surface area contributed by atoms with E-state index in [9.17, 15) is 4.79 Å². The molecule has 92 valence electrons. The van der Waals surface area contributed by atoms with E-state index in [2.05, 4.69) is 5.32 Å². The Morgan fingerprint density at radius 3 is 2.59 bits per heavy atom. The third-order valence-electron chi connectivity index (χ3n) is 2.54. The molecule has 4 heteroatoms. The predicted octanol–water partition coefficient (Wildman–Crippen LogP) is 3.02. The molecule has 3 nitrogen and oxygen atoms in total. The van der Waals surface area contributed by atoms with E-state index in [1.807, 2.05) is 31.2 Å². The van der Waals surface area contributed by atoms with Gasteiger partial charge in [0.25, 0.3) is 0 Å². The molecule has 17 heavy (non-hydrogen) atoms. The number of rotatable bonds is 5. The van der Waals surface area contributed by atoms with Gasteiger partial charge in [0.05, 0.1) is 0 Å². The van der Waals surface area contributed by atoms with Crippen molar-refractivity contribution >= 4 is 17.6 Å². The Labute approximate surface area is 106 Å². The van der Waals surface area contributed by atoms with Crippen molar-refractivity contribution in [2.75, 3.05) is 6.54 Å². The zero-order valence-corrected chi connectivity index (χ0v) is 10.7. The summed E-state index contributed by atoms with van der Waals surface area (Å²) < 4.78 is 0. The van der Waals surface area contributed by atoms with Gasteiger partial charge in [0, 0.05) is 23.2 Å².